The first-order valence-corrected chi connectivity index (χ1v) is 12.6. The summed E-state index contributed by atoms with van der Waals surface area (Å²) in [6, 6.07) is 6.30. The number of piperidine rings is 1. The number of amides is 2. The number of rotatable bonds is 5. The van der Waals surface area contributed by atoms with Crippen LogP contribution in [0.2, 0.25) is 0 Å². The van der Waals surface area contributed by atoms with Gasteiger partial charge in [0.1, 0.15) is 11.4 Å². The molecule has 4 rings (SSSR count). The maximum Gasteiger partial charge on any atom is 0.421 e. The van der Waals surface area contributed by atoms with Crippen LogP contribution in [0.3, 0.4) is 0 Å². The van der Waals surface area contributed by atoms with Gasteiger partial charge < -0.3 is 20.9 Å². The zero-order valence-corrected chi connectivity index (χ0v) is 21.1. The molecule has 0 radical (unpaired) electrons. The lowest BCUT2D eigenvalue weighted by Crippen LogP contribution is -2.33. The van der Waals surface area contributed by atoms with Crippen molar-refractivity contribution in [3.8, 4) is 0 Å². The molecule has 12 heteroatoms. The molecule has 2 aliphatic heterocycles. The molecule has 196 valence electrons. The molecule has 2 aliphatic rings. The smallest absolute Gasteiger partial charge is 0.357 e. The molecule has 2 amide bonds. The molecule has 1 aromatic carbocycles. The van der Waals surface area contributed by atoms with E-state index in [1.54, 1.807) is 19.1 Å². The van der Waals surface area contributed by atoms with Gasteiger partial charge in [0.15, 0.2) is 0 Å². The third-order valence-electron chi connectivity index (χ3n) is 4.95. The number of benzene rings is 1. The Morgan fingerprint density at radius 3 is 2.19 bits per heavy atom. The molecule has 0 saturated carbocycles. The van der Waals surface area contributed by atoms with Gasteiger partial charge in [-0.25, -0.2) is 4.98 Å². The number of carbonyl (C=O) groups excluding carboxylic acids is 2. The number of alkyl halides is 3. The summed E-state index contributed by atoms with van der Waals surface area (Å²) in [5.74, 6) is 2.17. The lowest BCUT2D eigenvalue weighted by molar-refractivity contribution is -0.137. The van der Waals surface area contributed by atoms with E-state index in [1.165, 1.54) is 49.9 Å². The summed E-state index contributed by atoms with van der Waals surface area (Å²) in [7, 11) is 1.49. The Morgan fingerprint density at radius 2 is 1.72 bits per heavy atom. The number of hydrogen-bond donors (Lipinski definition) is 3. The van der Waals surface area contributed by atoms with Crippen LogP contribution in [0, 0.1) is 0 Å². The van der Waals surface area contributed by atoms with Crippen molar-refractivity contribution >= 4 is 46.7 Å². The SMILES string of the molecule is C1CS1.C=CC(=O)Nc1ccccc1Nc1nc(NC)ncc1C(F)(F)F.CC(=O)N1CCCCC1. The number of nitrogens with zero attached hydrogens (tertiary/aromatic N) is 3. The molecule has 3 heterocycles. The first-order valence-electron chi connectivity index (χ1n) is 11.4. The predicted octanol–water partition coefficient (Wildman–Crippen LogP) is 5.16. The van der Waals surface area contributed by atoms with Crippen LogP contribution in [0.25, 0.3) is 0 Å². The minimum atomic E-state index is -4.63. The monoisotopic (exact) mass is 524 g/mol. The number of carbonyl (C=O) groups is 2. The summed E-state index contributed by atoms with van der Waals surface area (Å²) in [6.07, 6.45) is 0.796. The number of aromatic nitrogens is 2. The van der Waals surface area contributed by atoms with Gasteiger partial charge in [-0.1, -0.05) is 18.7 Å². The van der Waals surface area contributed by atoms with E-state index in [-0.39, 0.29) is 17.5 Å². The average Bonchev–Trinajstić information content (AvgIpc) is 3.75. The van der Waals surface area contributed by atoms with Gasteiger partial charge in [-0.05, 0) is 37.5 Å². The summed E-state index contributed by atoms with van der Waals surface area (Å²) in [5.41, 5.74) is -0.481. The van der Waals surface area contributed by atoms with Gasteiger partial charge in [0.05, 0.1) is 11.4 Å². The highest BCUT2D eigenvalue weighted by Crippen LogP contribution is 2.36. The third kappa shape index (κ3) is 10.1. The highest BCUT2D eigenvalue weighted by molar-refractivity contribution is 8.06. The van der Waals surface area contributed by atoms with Gasteiger partial charge in [0.2, 0.25) is 17.8 Å². The first kappa shape index (κ1) is 29.0. The van der Waals surface area contributed by atoms with Crippen molar-refractivity contribution in [1.82, 2.24) is 14.9 Å². The molecular formula is C24H31F3N6O2S. The highest BCUT2D eigenvalue weighted by Gasteiger charge is 2.35. The fourth-order valence-electron chi connectivity index (χ4n) is 3.03. The molecule has 0 aliphatic carbocycles. The Kier molecular flexibility index (Phi) is 11.5. The molecule has 3 N–H and O–H groups in total. The molecule has 36 heavy (non-hydrogen) atoms. The van der Waals surface area contributed by atoms with E-state index in [1.807, 2.05) is 16.7 Å². The number of anilines is 4. The fraction of sp³-hybridized carbons (Fsp3) is 0.417. The van der Waals surface area contributed by atoms with E-state index in [0.29, 0.717) is 11.9 Å². The maximum absolute atomic E-state index is 13.1. The van der Waals surface area contributed by atoms with Crippen molar-refractivity contribution in [3.05, 3.63) is 48.7 Å². The standard InChI is InChI=1S/C15H14F3N5O.C7H13NO.C2H4S/c1-3-12(24)21-10-6-4-5-7-11(10)22-13-9(15(16,17)18)8-20-14(19-2)23-13;1-7(9)8-5-3-2-4-6-8;1-2-3-1/h3-8H,1H2,2H3,(H,21,24)(H2,19,20,22,23);2-6H2,1H3;1-2H2. The quantitative estimate of drug-likeness (QED) is 0.367. The number of likely N-dealkylation sites (tertiary alicyclic amines) is 1. The van der Waals surface area contributed by atoms with Gasteiger partial charge in [0.25, 0.3) is 0 Å². The van der Waals surface area contributed by atoms with Crippen LogP contribution in [0.5, 0.6) is 0 Å². The largest absolute Gasteiger partial charge is 0.421 e. The van der Waals surface area contributed by atoms with Crippen LogP contribution in [-0.4, -0.2) is 58.3 Å². The molecular weight excluding hydrogens is 493 g/mol. The van der Waals surface area contributed by atoms with Crippen molar-refractivity contribution < 1.29 is 22.8 Å². The number of halogens is 3. The second-order valence-electron chi connectivity index (χ2n) is 7.75. The lowest BCUT2D eigenvalue weighted by atomic mass is 10.1. The Morgan fingerprint density at radius 1 is 1.11 bits per heavy atom. The second-order valence-corrected chi connectivity index (χ2v) is 8.97. The maximum atomic E-state index is 13.1. The van der Waals surface area contributed by atoms with Gasteiger partial charge in [-0.3, -0.25) is 9.59 Å². The van der Waals surface area contributed by atoms with E-state index >= 15 is 0 Å². The topological polar surface area (TPSA) is 99.2 Å². The Hall–Kier alpha value is -3.28. The van der Waals surface area contributed by atoms with Gasteiger partial charge >= 0.3 is 6.18 Å². The van der Waals surface area contributed by atoms with Crippen molar-refractivity contribution in [2.24, 2.45) is 0 Å². The van der Waals surface area contributed by atoms with Gasteiger partial charge in [0, 0.05) is 44.8 Å². The summed E-state index contributed by atoms with van der Waals surface area (Å²) < 4.78 is 39.4. The zero-order valence-electron chi connectivity index (χ0n) is 20.3. The molecule has 0 unspecified atom stereocenters. The summed E-state index contributed by atoms with van der Waals surface area (Å²) in [6.45, 7) is 6.94. The van der Waals surface area contributed by atoms with Crippen LogP contribution in [0.15, 0.2) is 43.1 Å². The second kappa shape index (κ2) is 14.3. The van der Waals surface area contributed by atoms with Crippen molar-refractivity contribution in [3.63, 3.8) is 0 Å². The number of nitrogens with one attached hydrogen (secondary N) is 3. The van der Waals surface area contributed by atoms with Gasteiger partial charge in [-0.2, -0.15) is 29.9 Å². The van der Waals surface area contributed by atoms with Crippen LogP contribution in [0.4, 0.5) is 36.3 Å². The predicted molar refractivity (Wildman–Crippen MR) is 139 cm³/mol. The zero-order chi connectivity index (χ0) is 26.6. The number of thioether (sulfide) groups is 1. The summed E-state index contributed by atoms with van der Waals surface area (Å²) >= 11 is 2.00. The minimum absolute atomic E-state index is 0.0260. The fourth-order valence-corrected chi connectivity index (χ4v) is 3.03. The molecule has 0 bridgehead atoms. The summed E-state index contributed by atoms with van der Waals surface area (Å²) in [4.78, 5) is 31.5. The normalized spacial score (nSPS) is 14.2. The van der Waals surface area contributed by atoms with Crippen molar-refractivity contribution in [2.75, 3.05) is 47.6 Å². The number of para-hydroxylation sites is 2. The van der Waals surface area contributed by atoms with E-state index in [9.17, 15) is 22.8 Å². The third-order valence-corrected chi connectivity index (χ3v) is 5.35. The molecule has 2 fully saturated rings. The van der Waals surface area contributed by atoms with Crippen molar-refractivity contribution in [2.45, 2.75) is 32.4 Å². The Bertz CT molecular complexity index is 1020. The molecule has 0 spiro atoms. The Labute approximate surface area is 213 Å². The van der Waals surface area contributed by atoms with Crippen LogP contribution in [-0.2, 0) is 15.8 Å². The van der Waals surface area contributed by atoms with E-state index in [4.69, 9.17) is 0 Å². The van der Waals surface area contributed by atoms with E-state index < -0.39 is 23.5 Å². The average molecular weight is 525 g/mol. The van der Waals surface area contributed by atoms with Crippen LogP contribution in [0.1, 0.15) is 31.7 Å². The van der Waals surface area contributed by atoms with Crippen LogP contribution >= 0.6 is 11.8 Å². The van der Waals surface area contributed by atoms with E-state index in [2.05, 4.69) is 32.5 Å². The first-order chi connectivity index (χ1) is 17.2. The molecule has 0 atom stereocenters. The van der Waals surface area contributed by atoms with E-state index in [0.717, 1.165) is 19.2 Å². The Balaban J connectivity index is 0.000000309. The highest BCUT2D eigenvalue weighted by atomic mass is 32.2. The molecule has 1 aromatic heterocycles. The molecule has 2 saturated heterocycles. The van der Waals surface area contributed by atoms with Crippen molar-refractivity contribution in [1.29, 1.82) is 0 Å². The molecule has 8 nitrogen and oxygen atoms in total. The summed E-state index contributed by atoms with van der Waals surface area (Å²) in [5, 5.41) is 7.67. The number of hydrogen-bond acceptors (Lipinski definition) is 7. The minimum Gasteiger partial charge on any atom is -0.357 e. The lowest BCUT2D eigenvalue weighted by Gasteiger charge is -2.24. The molecule has 2 aromatic rings. The van der Waals surface area contributed by atoms with Gasteiger partial charge in [-0.15, -0.1) is 0 Å². The van der Waals surface area contributed by atoms with Crippen LogP contribution < -0.4 is 16.0 Å².